The smallest absolute Gasteiger partial charge is 0.180 e. The number of aromatic amines is 2. The monoisotopic (exact) mass is 410 g/mol. The lowest BCUT2D eigenvalue weighted by Gasteiger charge is -2.03. The van der Waals surface area contributed by atoms with Crippen molar-refractivity contribution >= 4 is 22.1 Å². The maximum Gasteiger partial charge on any atom is 0.180 e. The Hall–Kier alpha value is -4.34. The lowest BCUT2D eigenvalue weighted by atomic mass is 10.2. The van der Waals surface area contributed by atoms with Gasteiger partial charge in [-0.05, 0) is 26.0 Å². The number of fused-ring (bicyclic) bond motifs is 2. The molecular weight excluding hydrogens is 392 g/mol. The van der Waals surface area contributed by atoms with Gasteiger partial charge in [-0.25, -0.2) is 19.9 Å². The predicted molar refractivity (Wildman–Crippen MR) is 116 cm³/mol. The lowest BCUT2D eigenvalue weighted by molar-refractivity contribution is 0.862. The van der Waals surface area contributed by atoms with Crippen molar-refractivity contribution in [2.45, 2.75) is 13.8 Å². The second-order valence-electron chi connectivity index (χ2n) is 7.47. The number of pyridine rings is 2. The van der Waals surface area contributed by atoms with Gasteiger partial charge in [0.2, 0.25) is 0 Å². The summed E-state index contributed by atoms with van der Waals surface area (Å²) in [5, 5.41) is 8.47. The molecule has 0 aliphatic rings. The van der Waals surface area contributed by atoms with Gasteiger partial charge in [0, 0.05) is 24.8 Å². The first kappa shape index (κ1) is 17.5. The first-order valence-electron chi connectivity index (χ1n) is 9.77. The molecule has 0 saturated heterocycles. The molecule has 6 heterocycles. The van der Waals surface area contributed by atoms with Crippen LogP contribution in [0.2, 0.25) is 0 Å². The average molecular weight is 410 g/mol. The summed E-state index contributed by atoms with van der Waals surface area (Å²) in [5.74, 6) is 1.56. The van der Waals surface area contributed by atoms with Crippen LogP contribution in [0.4, 0.5) is 0 Å². The summed E-state index contributed by atoms with van der Waals surface area (Å²) < 4.78 is 3.97. The van der Waals surface area contributed by atoms with E-state index in [1.165, 1.54) is 0 Å². The van der Waals surface area contributed by atoms with Crippen LogP contribution >= 0.6 is 0 Å². The van der Waals surface area contributed by atoms with Crippen molar-refractivity contribution in [3.63, 3.8) is 0 Å². The van der Waals surface area contributed by atoms with E-state index >= 15 is 0 Å². The molecule has 0 amide bonds. The normalized spacial score (nSPS) is 11.7. The molecule has 6 aromatic heterocycles. The Morgan fingerprint density at radius 3 is 2.71 bits per heavy atom. The van der Waals surface area contributed by atoms with Gasteiger partial charge in [-0.2, -0.15) is 5.10 Å². The van der Waals surface area contributed by atoms with Crippen LogP contribution in [0, 0.1) is 13.8 Å². The van der Waals surface area contributed by atoms with E-state index in [1.54, 1.807) is 18.7 Å². The number of nitrogens with one attached hydrogen (secondary N) is 2. The van der Waals surface area contributed by atoms with Crippen LogP contribution in [0.1, 0.15) is 11.5 Å². The van der Waals surface area contributed by atoms with E-state index in [9.17, 15) is 0 Å². The Labute approximate surface area is 176 Å². The molecule has 0 bridgehead atoms. The van der Waals surface area contributed by atoms with Gasteiger partial charge in [0.05, 0.1) is 47.0 Å². The van der Waals surface area contributed by atoms with Gasteiger partial charge in [0.1, 0.15) is 17.0 Å². The highest BCUT2D eigenvalue weighted by molar-refractivity contribution is 5.94. The van der Waals surface area contributed by atoms with Crippen LogP contribution in [-0.2, 0) is 7.05 Å². The van der Waals surface area contributed by atoms with E-state index in [-0.39, 0.29) is 0 Å². The highest BCUT2D eigenvalue weighted by atomic mass is 15.2. The summed E-state index contributed by atoms with van der Waals surface area (Å²) in [6.45, 7) is 3.92. The number of imidazole rings is 3. The van der Waals surface area contributed by atoms with E-state index in [0.717, 1.165) is 45.0 Å². The zero-order valence-electron chi connectivity index (χ0n) is 17.1. The number of rotatable bonds is 3. The molecule has 10 nitrogen and oxygen atoms in total. The van der Waals surface area contributed by atoms with Crippen LogP contribution in [0.3, 0.4) is 0 Å². The quantitative estimate of drug-likeness (QED) is 0.463. The second kappa shape index (κ2) is 6.33. The van der Waals surface area contributed by atoms with Crippen LogP contribution in [0.5, 0.6) is 0 Å². The molecule has 31 heavy (non-hydrogen) atoms. The highest BCUT2D eigenvalue weighted by Gasteiger charge is 2.17. The van der Waals surface area contributed by atoms with Crippen molar-refractivity contribution in [1.82, 2.24) is 49.2 Å². The topological polar surface area (TPSA) is 119 Å². The van der Waals surface area contributed by atoms with E-state index in [1.807, 2.05) is 54.6 Å². The van der Waals surface area contributed by atoms with Gasteiger partial charge in [-0.15, -0.1) is 0 Å². The molecule has 2 N–H and O–H groups in total. The van der Waals surface area contributed by atoms with E-state index in [0.29, 0.717) is 17.2 Å². The standard InChI is InChI=1S/C21H18N10/c1-11-9-31(10-25-11)16-4-5-22-20-19(16)26-21(27-20)18-13-6-14(24-7-15(13)28-29-18)17-8-23-12(2)30(17)3/h4-10H,1-3H3,(H,28,29)(H,22,26,27). The number of hydrogen-bond acceptors (Lipinski definition) is 6. The largest absolute Gasteiger partial charge is 0.333 e. The summed E-state index contributed by atoms with van der Waals surface area (Å²) in [6.07, 6.45) is 9.10. The highest BCUT2D eigenvalue weighted by Crippen LogP contribution is 2.30. The molecule has 6 aromatic rings. The zero-order valence-corrected chi connectivity index (χ0v) is 17.1. The number of aromatic nitrogens is 10. The van der Waals surface area contributed by atoms with Crippen molar-refractivity contribution in [2.24, 2.45) is 7.05 Å². The Morgan fingerprint density at radius 2 is 1.94 bits per heavy atom. The Bertz CT molecular complexity index is 1580. The molecule has 0 fully saturated rings. The molecule has 0 saturated carbocycles. The van der Waals surface area contributed by atoms with Gasteiger partial charge in [0.15, 0.2) is 11.5 Å². The SMILES string of the molecule is Cc1cn(-c2ccnc3nc(-c4n[nH]c5cnc(-c6cnc(C)n6C)cc45)[nH]c23)cn1. The molecule has 152 valence electrons. The molecule has 0 aliphatic carbocycles. The molecule has 6 rings (SSSR count). The zero-order chi connectivity index (χ0) is 21.1. The second-order valence-corrected chi connectivity index (χ2v) is 7.47. The van der Waals surface area contributed by atoms with E-state index < -0.39 is 0 Å². The molecule has 0 aromatic carbocycles. The lowest BCUT2D eigenvalue weighted by Crippen LogP contribution is -1.95. The molecular formula is C21H18N10. The molecule has 10 heteroatoms. The summed E-state index contributed by atoms with van der Waals surface area (Å²) in [6, 6.07) is 3.94. The predicted octanol–water partition coefficient (Wildman–Crippen LogP) is 3.10. The molecule has 0 aliphatic heterocycles. The minimum atomic E-state index is 0.617. The fraction of sp³-hybridized carbons (Fsp3) is 0.143. The minimum Gasteiger partial charge on any atom is -0.333 e. The van der Waals surface area contributed by atoms with Crippen LogP contribution in [0.25, 0.3) is 50.7 Å². The number of H-pyrrole nitrogens is 2. The number of nitrogens with zero attached hydrogens (tertiary/aromatic N) is 8. The minimum absolute atomic E-state index is 0.617. The van der Waals surface area contributed by atoms with Gasteiger partial charge in [-0.3, -0.25) is 10.1 Å². The third kappa shape index (κ3) is 2.65. The fourth-order valence-electron chi connectivity index (χ4n) is 3.76. The number of hydrogen-bond donors (Lipinski definition) is 2. The molecule has 0 spiro atoms. The van der Waals surface area contributed by atoms with Crippen molar-refractivity contribution < 1.29 is 0 Å². The fourth-order valence-corrected chi connectivity index (χ4v) is 3.76. The summed E-state index contributed by atoms with van der Waals surface area (Å²) in [5.41, 5.74) is 6.61. The van der Waals surface area contributed by atoms with Crippen LogP contribution < -0.4 is 0 Å². The summed E-state index contributed by atoms with van der Waals surface area (Å²) in [7, 11) is 1.98. The Morgan fingerprint density at radius 1 is 1.03 bits per heavy atom. The maximum absolute atomic E-state index is 4.70. The van der Waals surface area contributed by atoms with Crippen molar-refractivity contribution in [2.75, 3.05) is 0 Å². The average Bonchev–Trinajstić information content (AvgIpc) is 3.54. The third-order valence-corrected chi connectivity index (χ3v) is 5.51. The Kier molecular flexibility index (Phi) is 3.57. The van der Waals surface area contributed by atoms with Gasteiger partial charge >= 0.3 is 0 Å². The molecule has 0 unspecified atom stereocenters. The van der Waals surface area contributed by atoms with Gasteiger partial charge < -0.3 is 14.1 Å². The Balaban J connectivity index is 1.52. The van der Waals surface area contributed by atoms with Crippen molar-refractivity contribution in [3.05, 3.63) is 54.8 Å². The van der Waals surface area contributed by atoms with E-state index in [2.05, 4.69) is 35.1 Å². The summed E-state index contributed by atoms with van der Waals surface area (Å²) in [4.78, 5) is 25.8. The first-order valence-corrected chi connectivity index (χ1v) is 9.77. The van der Waals surface area contributed by atoms with Crippen LogP contribution in [-0.4, -0.2) is 49.2 Å². The van der Waals surface area contributed by atoms with Gasteiger partial charge in [-0.1, -0.05) is 0 Å². The van der Waals surface area contributed by atoms with E-state index in [4.69, 9.17) is 4.98 Å². The molecule has 0 atom stereocenters. The van der Waals surface area contributed by atoms with Crippen molar-refractivity contribution in [3.8, 4) is 28.6 Å². The van der Waals surface area contributed by atoms with Crippen LogP contribution in [0.15, 0.2) is 43.2 Å². The molecule has 0 radical (unpaired) electrons. The number of aryl methyl sites for hydroxylation is 2. The van der Waals surface area contributed by atoms with Gasteiger partial charge in [0.25, 0.3) is 0 Å². The maximum atomic E-state index is 4.70. The summed E-state index contributed by atoms with van der Waals surface area (Å²) >= 11 is 0. The van der Waals surface area contributed by atoms with Crippen molar-refractivity contribution in [1.29, 1.82) is 0 Å². The third-order valence-electron chi connectivity index (χ3n) is 5.51. The first-order chi connectivity index (χ1) is 15.1.